The van der Waals surface area contributed by atoms with Crippen LogP contribution in [0.5, 0.6) is 5.75 Å². The molecule has 0 unspecified atom stereocenters. The van der Waals surface area contributed by atoms with Crippen molar-refractivity contribution in [3.8, 4) is 16.9 Å². The third-order valence-electron chi connectivity index (χ3n) is 3.78. The van der Waals surface area contributed by atoms with Crippen LogP contribution in [0.2, 0.25) is 0 Å². The Labute approximate surface area is 135 Å². The maximum atomic E-state index is 5.96. The lowest BCUT2D eigenvalue weighted by Gasteiger charge is -2.26. The van der Waals surface area contributed by atoms with Crippen LogP contribution in [0.15, 0.2) is 30.5 Å². The van der Waals surface area contributed by atoms with Crippen molar-refractivity contribution in [3.63, 3.8) is 0 Å². The fourth-order valence-electron chi connectivity index (χ4n) is 2.54. The Morgan fingerprint density at radius 1 is 1.13 bits per heavy atom. The van der Waals surface area contributed by atoms with Crippen LogP contribution in [0.25, 0.3) is 11.1 Å². The van der Waals surface area contributed by atoms with Gasteiger partial charge in [0.1, 0.15) is 18.2 Å². The molecule has 1 saturated heterocycles. The summed E-state index contributed by atoms with van der Waals surface area (Å²) in [5.74, 6) is 1.28. The van der Waals surface area contributed by atoms with Gasteiger partial charge in [-0.25, -0.2) is 4.98 Å². The van der Waals surface area contributed by atoms with Crippen LogP contribution in [-0.4, -0.2) is 54.3 Å². The van der Waals surface area contributed by atoms with Crippen molar-refractivity contribution >= 4 is 11.8 Å². The smallest absolute Gasteiger partial charge is 0.221 e. The average Bonchev–Trinajstić information content (AvgIpc) is 2.57. The van der Waals surface area contributed by atoms with Gasteiger partial charge in [-0.1, -0.05) is 18.2 Å². The minimum Gasteiger partial charge on any atom is -0.492 e. The van der Waals surface area contributed by atoms with Crippen LogP contribution < -0.4 is 16.2 Å². The molecule has 0 saturated carbocycles. The Hall–Kier alpha value is -2.38. The van der Waals surface area contributed by atoms with E-state index in [0.717, 1.165) is 49.7 Å². The summed E-state index contributed by atoms with van der Waals surface area (Å²) in [7, 11) is 0. The zero-order valence-corrected chi connectivity index (χ0v) is 12.9. The number of hydrogen-bond acceptors (Lipinski definition) is 7. The first-order valence-corrected chi connectivity index (χ1v) is 7.64. The molecule has 7 nitrogen and oxygen atoms in total. The fraction of sp³-hybridized carbons (Fsp3) is 0.375. The topological polar surface area (TPSA) is 99.5 Å². The van der Waals surface area contributed by atoms with E-state index in [1.807, 2.05) is 24.3 Å². The van der Waals surface area contributed by atoms with Gasteiger partial charge < -0.3 is 20.9 Å². The van der Waals surface area contributed by atoms with Crippen LogP contribution in [0, 0.1) is 0 Å². The van der Waals surface area contributed by atoms with E-state index in [1.165, 1.54) is 0 Å². The lowest BCUT2D eigenvalue weighted by molar-refractivity contribution is 0.0323. The molecule has 0 spiro atoms. The highest BCUT2D eigenvalue weighted by Gasteiger charge is 2.13. The van der Waals surface area contributed by atoms with Crippen LogP contribution in [0.1, 0.15) is 0 Å². The SMILES string of the molecule is Nc1ncc(-c2ccccc2OCCN2CCOCC2)c(N)n1. The molecule has 1 fully saturated rings. The van der Waals surface area contributed by atoms with Gasteiger partial charge in [0.25, 0.3) is 0 Å². The van der Waals surface area contributed by atoms with E-state index in [-0.39, 0.29) is 5.95 Å². The third kappa shape index (κ3) is 3.88. The number of ether oxygens (including phenoxy) is 2. The Morgan fingerprint density at radius 2 is 1.91 bits per heavy atom. The number of benzene rings is 1. The second kappa shape index (κ2) is 7.26. The number of para-hydroxylation sites is 1. The molecule has 122 valence electrons. The highest BCUT2D eigenvalue weighted by Crippen LogP contribution is 2.32. The highest BCUT2D eigenvalue weighted by molar-refractivity contribution is 5.78. The van der Waals surface area contributed by atoms with E-state index in [2.05, 4.69) is 14.9 Å². The number of rotatable bonds is 5. The normalized spacial score (nSPS) is 15.5. The number of aromatic nitrogens is 2. The van der Waals surface area contributed by atoms with E-state index in [0.29, 0.717) is 12.4 Å². The molecule has 0 aliphatic carbocycles. The van der Waals surface area contributed by atoms with Crippen molar-refractivity contribution in [2.24, 2.45) is 0 Å². The summed E-state index contributed by atoms with van der Waals surface area (Å²) in [6.07, 6.45) is 1.63. The van der Waals surface area contributed by atoms with Crippen LogP contribution in [-0.2, 0) is 4.74 Å². The first kappa shape index (κ1) is 15.5. The van der Waals surface area contributed by atoms with Gasteiger partial charge >= 0.3 is 0 Å². The maximum Gasteiger partial charge on any atom is 0.221 e. The number of nitrogens with two attached hydrogens (primary N) is 2. The van der Waals surface area contributed by atoms with Crippen molar-refractivity contribution in [2.45, 2.75) is 0 Å². The molecule has 0 amide bonds. The molecule has 1 aliphatic rings. The summed E-state index contributed by atoms with van der Waals surface area (Å²) in [4.78, 5) is 10.4. The van der Waals surface area contributed by atoms with Gasteiger partial charge in [0.15, 0.2) is 0 Å². The number of anilines is 2. The standard InChI is InChI=1S/C16H21N5O2/c17-15-13(11-19-16(18)20-15)12-3-1-2-4-14(12)23-10-7-21-5-8-22-9-6-21/h1-4,11H,5-10H2,(H4,17,18,19,20). The van der Waals surface area contributed by atoms with Crippen LogP contribution in [0.3, 0.4) is 0 Å². The minimum absolute atomic E-state index is 0.164. The van der Waals surface area contributed by atoms with Crippen molar-refractivity contribution in [2.75, 3.05) is 50.9 Å². The van der Waals surface area contributed by atoms with Crippen LogP contribution in [0.4, 0.5) is 11.8 Å². The van der Waals surface area contributed by atoms with E-state index in [9.17, 15) is 0 Å². The number of nitrogen functional groups attached to an aromatic ring is 2. The monoisotopic (exact) mass is 315 g/mol. The minimum atomic E-state index is 0.164. The predicted octanol–water partition coefficient (Wildman–Crippen LogP) is 1.02. The molecular formula is C16H21N5O2. The largest absolute Gasteiger partial charge is 0.492 e. The molecule has 4 N–H and O–H groups in total. The highest BCUT2D eigenvalue weighted by atomic mass is 16.5. The van der Waals surface area contributed by atoms with E-state index in [1.54, 1.807) is 6.20 Å². The molecule has 2 heterocycles. The van der Waals surface area contributed by atoms with Crippen LogP contribution >= 0.6 is 0 Å². The first-order valence-electron chi connectivity index (χ1n) is 7.64. The van der Waals surface area contributed by atoms with Crippen molar-refractivity contribution in [1.82, 2.24) is 14.9 Å². The summed E-state index contributed by atoms with van der Waals surface area (Å²) in [5.41, 5.74) is 13.1. The molecule has 7 heteroatoms. The number of nitrogens with zero attached hydrogens (tertiary/aromatic N) is 3. The Balaban J connectivity index is 1.70. The van der Waals surface area contributed by atoms with Crippen molar-refractivity contribution in [3.05, 3.63) is 30.5 Å². The molecule has 23 heavy (non-hydrogen) atoms. The molecular weight excluding hydrogens is 294 g/mol. The van der Waals surface area contributed by atoms with Gasteiger partial charge in [-0.3, -0.25) is 4.90 Å². The van der Waals surface area contributed by atoms with Crippen molar-refractivity contribution < 1.29 is 9.47 Å². The van der Waals surface area contributed by atoms with Gasteiger partial charge in [0, 0.05) is 37.0 Å². The molecule has 3 rings (SSSR count). The second-order valence-electron chi connectivity index (χ2n) is 5.33. The zero-order valence-electron chi connectivity index (χ0n) is 12.9. The third-order valence-corrected chi connectivity index (χ3v) is 3.78. The van der Waals surface area contributed by atoms with E-state index in [4.69, 9.17) is 20.9 Å². The van der Waals surface area contributed by atoms with Gasteiger partial charge in [-0.2, -0.15) is 4.98 Å². The summed E-state index contributed by atoms with van der Waals surface area (Å²) >= 11 is 0. The summed E-state index contributed by atoms with van der Waals surface area (Å²) in [6, 6.07) is 7.72. The van der Waals surface area contributed by atoms with Crippen molar-refractivity contribution in [1.29, 1.82) is 0 Å². The second-order valence-corrected chi connectivity index (χ2v) is 5.33. The van der Waals surface area contributed by atoms with Gasteiger partial charge in [0.2, 0.25) is 5.95 Å². The zero-order chi connectivity index (χ0) is 16.1. The summed E-state index contributed by atoms with van der Waals surface area (Å²) in [5, 5.41) is 0. The summed E-state index contributed by atoms with van der Waals surface area (Å²) < 4.78 is 11.3. The average molecular weight is 315 g/mol. The van der Waals surface area contributed by atoms with Gasteiger partial charge in [-0.15, -0.1) is 0 Å². The number of morpholine rings is 1. The Bertz CT molecular complexity index is 659. The van der Waals surface area contributed by atoms with E-state index < -0.39 is 0 Å². The van der Waals surface area contributed by atoms with Gasteiger partial charge in [0.05, 0.1) is 13.2 Å². The molecule has 1 aliphatic heterocycles. The quantitative estimate of drug-likeness (QED) is 0.849. The number of hydrogen-bond donors (Lipinski definition) is 2. The molecule has 1 aromatic heterocycles. The lowest BCUT2D eigenvalue weighted by atomic mass is 10.1. The molecule has 0 bridgehead atoms. The first-order chi connectivity index (χ1) is 11.2. The van der Waals surface area contributed by atoms with Gasteiger partial charge in [-0.05, 0) is 6.07 Å². The fourth-order valence-corrected chi connectivity index (χ4v) is 2.54. The molecule has 2 aromatic rings. The maximum absolute atomic E-state index is 5.96. The molecule has 1 aromatic carbocycles. The summed E-state index contributed by atoms with van der Waals surface area (Å²) in [6.45, 7) is 4.94. The predicted molar refractivity (Wildman–Crippen MR) is 89.0 cm³/mol. The Morgan fingerprint density at radius 3 is 2.70 bits per heavy atom. The van der Waals surface area contributed by atoms with E-state index >= 15 is 0 Å². The molecule has 0 radical (unpaired) electrons. The molecule has 0 atom stereocenters. The Kier molecular flexibility index (Phi) is 4.89. The lowest BCUT2D eigenvalue weighted by Crippen LogP contribution is -2.38.